The first-order valence-corrected chi connectivity index (χ1v) is 10.9. The van der Waals surface area contributed by atoms with E-state index in [9.17, 15) is 18.0 Å². The third kappa shape index (κ3) is 4.53. The molecule has 2 atom stereocenters. The number of anilines is 1. The first-order chi connectivity index (χ1) is 15.8. The Hall–Kier alpha value is -3.12. The maximum atomic E-state index is 13.5. The van der Waals surface area contributed by atoms with Crippen LogP contribution in [-0.4, -0.2) is 55.2 Å². The lowest BCUT2D eigenvalue weighted by molar-refractivity contribution is -0.137. The predicted molar refractivity (Wildman–Crippen MR) is 116 cm³/mol. The summed E-state index contributed by atoms with van der Waals surface area (Å²) in [5.74, 6) is -0.111. The Morgan fingerprint density at radius 1 is 1.30 bits per heavy atom. The maximum Gasteiger partial charge on any atom is 0.417 e. The Bertz CT molecular complexity index is 1050. The molecule has 0 spiro atoms. The molecule has 2 saturated heterocycles. The normalized spacial score (nSPS) is 22.7. The van der Waals surface area contributed by atoms with E-state index in [1.165, 1.54) is 6.07 Å². The molecular weight excluding hydrogens is 433 g/mol. The molecule has 0 bridgehead atoms. The number of carbonyl (C=O) groups is 1. The van der Waals surface area contributed by atoms with Crippen LogP contribution in [0.4, 0.5) is 18.9 Å². The first-order valence-electron chi connectivity index (χ1n) is 10.9. The van der Waals surface area contributed by atoms with E-state index < -0.39 is 11.7 Å². The summed E-state index contributed by atoms with van der Waals surface area (Å²) in [7, 11) is 0. The van der Waals surface area contributed by atoms with Gasteiger partial charge in [0.15, 0.2) is 0 Å². The summed E-state index contributed by atoms with van der Waals surface area (Å²) >= 11 is 0. The second-order valence-corrected chi connectivity index (χ2v) is 8.63. The van der Waals surface area contributed by atoms with Crippen molar-refractivity contribution in [2.75, 3.05) is 44.3 Å². The zero-order valence-electron chi connectivity index (χ0n) is 18.3. The van der Waals surface area contributed by atoms with Gasteiger partial charge in [-0.2, -0.15) is 18.4 Å². The van der Waals surface area contributed by atoms with Crippen molar-refractivity contribution in [3.63, 3.8) is 0 Å². The minimum atomic E-state index is -4.60. The molecule has 2 fully saturated rings. The lowest BCUT2D eigenvalue weighted by atomic mass is 9.73. The van der Waals surface area contributed by atoms with E-state index >= 15 is 0 Å². The van der Waals surface area contributed by atoms with Crippen LogP contribution in [0.25, 0.3) is 0 Å². The van der Waals surface area contributed by atoms with Crippen LogP contribution in [0.15, 0.2) is 42.6 Å². The zero-order chi connectivity index (χ0) is 23.6. The van der Waals surface area contributed by atoms with Gasteiger partial charge in [0.05, 0.1) is 23.8 Å². The molecule has 0 unspecified atom stereocenters. The number of carbonyl (C=O) groups excluding carboxylic acids is 1. The molecule has 174 valence electrons. The molecule has 2 aromatic rings. The van der Waals surface area contributed by atoms with E-state index in [1.54, 1.807) is 41.4 Å². The molecular formula is C24H25F3N4O2. The van der Waals surface area contributed by atoms with Gasteiger partial charge >= 0.3 is 6.18 Å². The number of ether oxygens (including phenoxy) is 1. The first kappa shape index (κ1) is 23.1. The standard InChI is InChI=1S/C24H25F3N4O2/c1-2-33-16-23-8-10-30(19-7-6-17(12-28)20(11-19)24(25,26)27)13-18(23)14-31(15-23)22(32)21-5-3-4-9-29-21/h3-7,9,11,18H,2,8,10,13-16H2,1H3/t18-,23+/m1/s1. The Labute approximate surface area is 190 Å². The molecule has 9 heteroatoms. The minimum Gasteiger partial charge on any atom is -0.381 e. The summed E-state index contributed by atoms with van der Waals surface area (Å²) < 4.78 is 46.2. The van der Waals surface area contributed by atoms with E-state index in [4.69, 9.17) is 10.00 Å². The van der Waals surface area contributed by atoms with E-state index in [0.29, 0.717) is 57.2 Å². The number of benzene rings is 1. The highest BCUT2D eigenvalue weighted by molar-refractivity contribution is 5.92. The summed E-state index contributed by atoms with van der Waals surface area (Å²) in [6.07, 6.45) is -2.34. The molecule has 2 aliphatic heterocycles. The van der Waals surface area contributed by atoms with Crippen LogP contribution in [0.5, 0.6) is 0 Å². The topological polar surface area (TPSA) is 69.5 Å². The average molecular weight is 458 g/mol. The number of amides is 1. The number of pyridine rings is 1. The van der Waals surface area contributed by atoms with Gasteiger partial charge in [-0.3, -0.25) is 9.78 Å². The highest BCUT2D eigenvalue weighted by Gasteiger charge is 2.51. The van der Waals surface area contributed by atoms with Gasteiger partial charge in [-0.15, -0.1) is 0 Å². The van der Waals surface area contributed by atoms with Crippen molar-refractivity contribution >= 4 is 11.6 Å². The van der Waals surface area contributed by atoms with Crippen molar-refractivity contribution in [2.24, 2.45) is 11.3 Å². The lowest BCUT2D eigenvalue weighted by Gasteiger charge is -2.44. The van der Waals surface area contributed by atoms with Crippen molar-refractivity contribution < 1.29 is 22.7 Å². The number of fused-ring (bicyclic) bond motifs is 1. The summed E-state index contributed by atoms with van der Waals surface area (Å²) in [6.45, 7) is 5.03. The highest BCUT2D eigenvalue weighted by Crippen LogP contribution is 2.45. The summed E-state index contributed by atoms with van der Waals surface area (Å²) in [5, 5.41) is 9.08. The third-order valence-corrected chi connectivity index (χ3v) is 6.69. The molecule has 33 heavy (non-hydrogen) atoms. The molecule has 0 aliphatic carbocycles. The largest absolute Gasteiger partial charge is 0.417 e. The Morgan fingerprint density at radius 3 is 2.79 bits per heavy atom. The van der Waals surface area contributed by atoms with Crippen molar-refractivity contribution in [1.29, 1.82) is 5.26 Å². The summed E-state index contributed by atoms with van der Waals surface area (Å²) in [4.78, 5) is 20.9. The summed E-state index contributed by atoms with van der Waals surface area (Å²) in [5.41, 5.74) is -0.757. The third-order valence-electron chi connectivity index (χ3n) is 6.69. The number of piperidine rings is 1. The molecule has 2 aliphatic rings. The van der Waals surface area contributed by atoms with Crippen molar-refractivity contribution in [1.82, 2.24) is 9.88 Å². The molecule has 1 aromatic heterocycles. The fourth-order valence-electron chi connectivity index (χ4n) is 4.93. The number of aromatic nitrogens is 1. The molecule has 1 aromatic carbocycles. The van der Waals surface area contributed by atoms with Crippen LogP contribution in [-0.2, 0) is 10.9 Å². The van der Waals surface area contributed by atoms with Crippen LogP contribution >= 0.6 is 0 Å². The zero-order valence-corrected chi connectivity index (χ0v) is 18.3. The molecule has 3 heterocycles. The van der Waals surface area contributed by atoms with Gasteiger partial charge < -0.3 is 14.5 Å². The maximum absolute atomic E-state index is 13.5. The quantitative estimate of drug-likeness (QED) is 0.678. The van der Waals surface area contributed by atoms with Crippen molar-refractivity contribution in [2.45, 2.75) is 19.5 Å². The average Bonchev–Trinajstić information content (AvgIpc) is 3.21. The van der Waals surface area contributed by atoms with E-state index in [-0.39, 0.29) is 22.8 Å². The molecule has 0 N–H and O–H groups in total. The fourth-order valence-corrected chi connectivity index (χ4v) is 4.93. The monoisotopic (exact) mass is 458 g/mol. The van der Waals surface area contributed by atoms with Crippen molar-refractivity contribution in [3.8, 4) is 6.07 Å². The van der Waals surface area contributed by atoms with Crippen LogP contribution in [0.2, 0.25) is 0 Å². The number of likely N-dealkylation sites (tertiary alicyclic amines) is 1. The van der Waals surface area contributed by atoms with Crippen LogP contribution in [0.3, 0.4) is 0 Å². The Balaban J connectivity index is 1.59. The molecule has 1 amide bonds. The number of rotatable bonds is 5. The predicted octanol–water partition coefficient (Wildman–Crippen LogP) is 3.98. The van der Waals surface area contributed by atoms with Gasteiger partial charge in [-0.25, -0.2) is 0 Å². The van der Waals surface area contributed by atoms with Gasteiger partial charge in [-0.1, -0.05) is 6.07 Å². The highest BCUT2D eigenvalue weighted by atomic mass is 19.4. The molecule has 0 saturated carbocycles. The van der Waals surface area contributed by atoms with Gasteiger partial charge in [-0.05, 0) is 43.7 Å². The van der Waals surface area contributed by atoms with E-state index in [2.05, 4.69) is 4.98 Å². The Morgan fingerprint density at radius 2 is 2.12 bits per heavy atom. The van der Waals surface area contributed by atoms with Crippen LogP contribution in [0.1, 0.15) is 35.0 Å². The summed E-state index contributed by atoms with van der Waals surface area (Å²) in [6, 6.07) is 10.7. The SMILES string of the molecule is CCOC[C@@]12CCN(c3ccc(C#N)c(C(F)(F)F)c3)C[C@@H]1CN(C(=O)c1ccccn1)C2. The van der Waals surface area contributed by atoms with Gasteiger partial charge in [0.2, 0.25) is 0 Å². The molecule has 4 rings (SSSR count). The number of hydrogen-bond donors (Lipinski definition) is 0. The van der Waals surface area contributed by atoms with Gasteiger partial charge in [0.25, 0.3) is 5.91 Å². The number of nitrogens with zero attached hydrogens (tertiary/aromatic N) is 4. The number of halogens is 3. The molecule has 6 nitrogen and oxygen atoms in total. The number of nitriles is 1. The molecule has 0 radical (unpaired) electrons. The lowest BCUT2D eigenvalue weighted by Crippen LogP contribution is -2.49. The fraction of sp³-hybridized carbons (Fsp3) is 0.458. The van der Waals surface area contributed by atoms with Crippen LogP contribution in [0, 0.1) is 22.7 Å². The van der Waals surface area contributed by atoms with Gasteiger partial charge in [0, 0.05) is 56.0 Å². The second kappa shape index (κ2) is 9.02. The van der Waals surface area contributed by atoms with Crippen molar-refractivity contribution in [3.05, 3.63) is 59.4 Å². The number of alkyl halides is 3. The second-order valence-electron chi connectivity index (χ2n) is 8.63. The smallest absolute Gasteiger partial charge is 0.381 e. The van der Waals surface area contributed by atoms with E-state index in [1.807, 2.05) is 11.8 Å². The van der Waals surface area contributed by atoms with E-state index in [0.717, 1.165) is 6.07 Å². The minimum absolute atomic E-state index is 0.0374. The van der Waals surface area contributed by atoms with Crippen LogP contribution < -0.4 is 4.90 Å². The number of hydrogen-bond acceptors (Lipinski definition) is 5. The Kier molecular flexibility index (Phi) is 6.30. The van der Waals surface area contributed by atoms with Gasteiger partial charge in [0.1, 0.15) is 5.69 Å².